The van der Waals surface area contributed by atoms with Gasteiger partial charge in [-0.15, -0.1) is 0 Å². The minimum absolute atomic E-state index is 0.0221. The highest BCUT2D eigenvalue weighted by atomic mass is 16.5. The monoisotopic (exact) mass is 332 g/mol. The molecule has 6 heteroatoms. The molecule has 0 radical (unpaired) electrons. The number of hydrogen-bond donors (Lipinski definition) is 2. The van der Waals surface area contributed by atoms with E-state index in [4.69, 9.17) is 10.5 Å². The highest BCUT2D eigenvalue weighted by Crippen LogP contribution is 2.26. The van der Waals surface area contributed by atoms with Crippen LogP contribution < -0.4 is 16.0 Å². The number of amides is 1. The van der Waals surface area contributed by atoms with E-state index < -0.39 is 0 Å². The molecule has 2 saturated heterocycles. The number of nitrogens with one attached hydrogen (secondary N) is 1. The summed E-state index contributed by atoms with van der Waals surface area (Å²) in [5.74, 6) is -0.0221. The summed E-state index contributed by atoms with van der Waals surface area (Å²) in [5.41, 5.74) is 8.24. The second-order valence-corrected chi connectivity index (χ2v) is 6.53. The number of nitrogen functional groups attached to an aromatic ring is 1. The number of morpholine rings is 1. The number of carbonyl (C=O) groups is 1. The van der Waals surface area contributed by atoms with E-state index in [9.17, 15) is 4.79 Å². The first-order valence-corrected chi connectivity index (χ1v) is 8.97. The predicted molar refractivity (Wildman–Crippen MR) is 96.5 cm³/mol. The number of anilines is 2. The van der Waals surface area contributed by atoms with Gasteiger partial charge in [0.25, 0.3) is 5.91 Å². The molecule has 24 heavy (non-hydrogen) atoms. The summed E-state index contributed by atoms with van der Waals surface area (Å²) in [4.78, 5) is 17.3. The van der Waals surface area contributed by atoms with Gasteiger partial charge < -0.3 is 20.7 Å². The van der Waals surface area contributed by atoms with Crippen LogP contribution in [0.5, 0.6) is 0 Å². The lowest BCUT2D eigenvalue weighted by Gasteiger charge is -2.26. The fourth-order valence-electron chi connectivity index (χ4n) is 3.39. The molecule has 6 nitrogen and oxygen atoms in total. The first kappa shape index (κ1) is 17.0. The van der Waals surface area contributed by atoms with Crippen LogP contribution in [0.1, 0.15) is 29.6 Å². The van der Waals surface area contributed by atoms with Crippen molar-refractivity contribution in [2.75, 3.05) is 63.1 Å². The number of rotatable bonds is 6. The van der Waals surface area contributed by atoms with Crippen LogP contribution in [-0.4, -0.2) is 63.3 Å². The minimum atomic E-state index is -0.0221. The SMILES string of the molecule is Nc1ccc(N2CCCC2)c(C(=O)NCCCN2CCOCC2)c1. The average Bonchev–Trinajstić information content (AvgIpc) is 3.14. The fourth-order valence-corrected chi connectivity index (χ4v) is 3.39. The van der Waals surface area contributed by atoms with Crippen molar-refractivity contribution < 1.29 is 9.53 Å². The van der Waals surface area contributed by atoms with Gasteiger partial charge in [-0.3, -0.25) is 9.69 Å². The van der Waals surface area contributed by atoms with Gasteiger partial charge in [-0.1, -0.05) is 0 Å². The van der Waals surface area contributed by atoms with Crippen LogP contribution in [0, 0.1) is 0 Å². The van der Waals surface area contributed by atoms with Gasteiger partial charge in [-0.05, 0) is 44.0 Å². The summed E-state index contributed by atoms with van der Waals surface area (Å²) in [7, 11) is 0. The molecule has 0 atom stereocenters. The molecule has 0 aliphatic carbocycles. The average molecular weight is 332 g/mol. The Bertz CT molecular complexity index is 552. The van der Waals surface area contributed by atoms with Crippen LogP contribution in [-0.2, 0) is 4.74 Å². The maximum Gasteiger partial charge on any atom is 0.253 e. The van der Waals surface area contributed by atoms with Gasteiger partial charge in [0.05, 0.1) is 18.8 Å². The zero-order chi connectivity index (χ0) is 16.8. The Morgan fingerprint density at radius 3 is 2.67 bits per heavy atom. The molecule has 2 aliphatic heterocycles. The van der Waals surface area contributed by atoms with Crippen molar-refractivity contribution in [3.8, 4) is 0 Å². The van der Waals surface area contributed by atoms with Crippen LogP contribution in [0.4, 0.5) is 11.4 Å². The summed E-state index contributed by atoms with van der Waals surface area (Å²) in [5, 5.41) is 3.05. The van der Waals surface area contributed by atoms with Gasteiger partial charge >= 0.3 is 0 Å². The Morgan fingerprint density at radius 1 is 1.17 bits per heavy atom. The molecule has 0 unspecified atom stereocenters. The number of benzene rings is 1. The van der Waals surface area contributed by atoms with Crippen LogP contribution in [0.25, 0.3) is 0 Å². The van der Waals surface area contributed by atoms with Crippen LogP contribution in [0.3, 0.4) is 0 Å². The van der Waals surface area contributed by atoms with Crippen molar-refractivity contribution in [2.24, 2.45) is 0 Å². The second-order valence-electron chi connectivity index (χ2n) is 6.53. The third kappa shape index (κ3) is 4.39. The van der Waals surface area contributed by atoms with Gasteiger partial charge in [-0.25, -0.2) is 0 Å². The van der Waals surface area contributed by atoms with Crippen molar-refractivity contribution >= 4 is 17.3 Å². The summed E-state index contributed by atoms with van der Waals surface area (Å²) in [6, 6.07) is 5.65. The van der Waals surface area contributed by atoms with E-state index in [1.807, 2.05) is 12.1 Å². The molecule has 1 aromatic rings. The lowest BCUT2D eigenvalue weighted by molar-refractivity contribution is 0.0374. The number of ether oxygens (including phenoxy) is 1. The topological polar surface area (TPSA) is 70.8 Å². The van der Waals surface area contributed by atoms with Gasteiger partial charge in [0.2, 0.25) is 0 Å². The molecule has 0 saturated carbocycles. The zero-order valence-corrected chi connectivity index (χ0v) is 14.3. The Labute approximate surface area is 143 Å². The maximum atomic E-state index is 12.6. The van der Waals surface area contributed by atoms with Crippen molar-refractivity contribution in [3.05, 3.63) is 23.8 Å². The minimum Gasteiger partial charge on any atom is -0.399 e. The smallest absolute Gasteiger partial charge is 0.253 e. The molecule has 3 N–H and O–H groups in total. The van der Waals surface area contributed by atoms with E-state index in [0.717, 1.165) is 58.0 Å². The van der Waals surface area contributed by atoms with Crippen LogP contribution in [0.15, 0.2) is 18.2 Å². The van der Waals surface area contributed by atoms with E-state index in [2.05, 4.69) is 15.1 Å². The predicted octanol–water partition coefficient (Wildman–Crippen LogP) is 1.32. The lowest BCUT2D eigenvalue weighted by Crippen LogP contribution is -2.38. The molecule has 3 rings (SSSR count). The van der Waals surface area contributed by atoms with Crippen molar-refractivity contribution in [3.63, 3.8) is 0 Å². The molecular formula is C18H28N4O2. The molecule has 0 spiro atoms. The lowest BCUT2D eigenvalue weighted by atomic mass is 10.1. The third-order valence-electron chi connectivity index (χ3n) is 4.75. The number of carbonyl (C=O) groups excluding carboxylic acids is 1. The van der Waals surface area contributed by atoms with Gasteiger partial charge in [0, 0.05) is 44.1 Å². The number of nitrogens with two attached hydrogens (primary N) is 1. The highest BCUT2D eigenvalue weighted by Gasteiger charge is 2.19. The summed E-state index contributed by atoms with van der Waals surface area (Å²) < 4.78 is 5.35. The summed E-state index contributed by atoms with van der Waals surface area (Å²) in [6.07, 6.45) is 3.32. The first-order valence-electron chi connectivity index (χ1n) is 8.97. The molecule has 0 aromatic heterocycles. The molecule has 2 fully saturated rings. The van der Waals surface area contributed by atoms with Gasteiger partial charge in [-0.2, -0.15) is 0 Å². The molecule has 0 bridgehead atoms. The summed E-state index contributed by atoms with van der Waals surface area (Å²) in [6.45, 7) is 7.32. The first-order chi connectivity index (χ1) is 11.7. The summed E-state index contributed by atoms with van der Waals surface area (Å²) >= 11 is 0. The van der Waals surface area contributed by atoms with Crippen molar-refractivity contribution in [2.45, 2.75) is 19.3 Å². The van der Waals surface area contributed by atoms with Crippen molar-refractivity contribution in [1.29, 1.82) is 0 Å². The molecular weight excluding hydrogens is 304 g/mol. The van der Waals surface area contributed by atoms with E-state index in [1.165, 1.54) is 12.8 Å². The van der Waals surface area contributed by atoms with Gasteiger partial charge in [0.15, 0.2) is 0 Å². The molecule has 132 valence electrons. The van der Waals surface area contributed by atoms with Crippen molar-refractivity contribution in [1.82, 2.24) is 10.2 Å². The molecule has 2 aliphatic rings. The van der Waals surface area contributed by atoms with Gasteiger partial charge in [0.1, 0.15) is 0 Å². The van der Waals surface area contributed by atoms with E-state index in [-0.39, 0.29) is 5.91 Å². The van der Waals surface area contributed by atoms with Crippen LogP contribution in [0.2, 0.25) is 0 Å². The van der Waals surface area contributed by atoms with E-state index in [1.54, 1.807) is 6.07 Å². The van der Waals surface area contributed by atoms with Crippen LogP contribution >= 0.6 is 0 Å². The fraction of sp³-hybridized carbons (Fsp3) is 0.611. The Hall–Kier alpha value is -1.79. The molecule has 1 aromatic carbocycles. The van der Waals surface area contributed by atoms with E-state index >= 15 is 0 Å². The molecule has 2 heterocycles. The Balaban J connectivity index is 1.53. The normalized spacial score (nSPS) is 18.8. The number of hydrogen-bond acceptors (Lipinski definition) is 5. The molecule has 1 amide bonds. The standard InChI is InChI=1S/C18H28N4O2/c19-15-4-5-17(22-8-1-2-9-22)16(14-15)18(23)20-6-3-7-21-10-12-24-13-11-21/h4-5,14H,1-3,6-13,19H2,(H,20,23). The zero-order valence-electron chi connectivity index (χ0n) is 14.3. The second kappa shape index (κ2) is 8.35. The Morgan fingerprint density at radius 2 is 1.92 bits per heavy atom. The quantitative estimate of drug-likeness (QED) is 0.607. The largest absolute Gasteiger partial charge is 0.399 e. The number of nitrogens with zero attached hydrogens (tertiary/aromatic N) is 2. The van der Waals surface area contributed by atoms with E-state index in [0.29, 0.717) is 17.8 Å². The third-order valence-corrected chi connectivity index (χ3v) is 4.75. The Kier molecular flexibility index (Phi) is 5.93. The maximum absolute atomic E-state index is 12.6. The highest BCUT2D eigenvalue weighted by molar-refractivity contribution is 6.00.